The molecule has 0 unspecified atom stereocenters. The Morgan fingerprint density at radius 3 is 1.20 bits per heavy atom. The number of hydrogen-bond acceptors (Lipinski definition) is 13. The smallest absolute Gasteiger partial charge is 0.338 e. The van der Waals surface area contributed by atoms with Crippen molar-refractivity contribution in [2.75, 3.05) is 19.8 Å². The van der Waals surface area contributed by atoms with Crippen molar-refractivity contribution in [3.05, 3.63) is 144 Å². The zero-order chi connectivity index (χ0) is 39.2. The molecule has 0 radical (unpaired) electrons. The maximum absolute atomic E-state index is 13.8. The zero-order valence-corrected chi connectivity index (χ0v) is 30.1. The lowest BCUT2D eigenvalue weighted by molar-refractivity contribution is -0.233. The average Bonchev–Trinajstić information content (AvgIpc) is 3.22. The van der Waals surface area contributed by atoms with Crippen molar-refractivity contribution < 1.29 is 61.9 Å². The molecule has 0 aliphatic carbocycles. The summed E-state index contributed by atoms with van der Waals surface area (Å²) >= 11 is 0. The van der Waals surface area contributed by atoms with Crippen LogP contribution in [0.4, 0.5) is 0 Å². The van der Waals surface area contributed by atoms with Gasteiger partial charge in [-0.1, -0.05) is 72.8 Å². The molecule has 0 saturated carbocycles. The largest absolute Gasteiger partial charge is 0.465 e. The Labute approximate surface area is 317 Å². The van der Waals surface area contributed by atoms with Gasteiger partial charge < -0.3 is 33.2 Å². The highest BCUT2D eigenvalue weighted by atomic mass is 16.7. The van der Waals surface area contributed by atoms with Crippen molar-refractivity contribution in [3.63, 3.8) is 0 Å². The van der Waals surface area contributed by atoms with E-state index in [0.717, 1.165) is 0 Å². The van der Waals surface area contributed by atoms with Crippen LogP contribution in [0.5, 0.6) is 0 Å². The second kappa shape index (κ2) is 19.7. The van der Waals surface area contributed by atoms with E-state index in [1.807, 2.05) is 0 Å². The first-order valence-electron chi connectivity index (χ1n) is 17.7. The molecular weight excluding hydrogens is 712 g/mol. The third-order valence-electron chi connectivity index (χ3n) is 8.49. The summed E-state index contributed by atoms with van der Waals surface area (Å²) in [5, 5.41) is 0. The van der Waals surface area contributed by atoms with Gasteiger partial charge in [-0.05, 0) is 62.4 Å². The van der Waals surface area contributed by atoms with Crippen LogP contribution in [0.15, 0.2) is 121 Å². The molecule has 0 aromatic heterocycles. The Balaban J connectivity index is 1.62. The first-order chi connectivity index (χ1) is 26.7. The Bertz CT molecular complexity index is 1880. The van der Waals surface area contributed by atoms with E-state index < -0.39 is 85.3 Å². The zero-order valence-electron chi connectivity index (χ0n) is 30.1. The summed E-state index contributed by atoms with van der Waals surface area (Å²) in [6.45, 7) is 2.41. The van der Waals surface area contributed by atoms with Crippen LogP contribution in [0, 0.1) is 5.92 Å². The lowest BCUT2D eigenvalue weighted by atomic mass is 9.88. The van der Waals surface area contributed by atoms with Crippen LogP contribution in [0.25, 0.3) is 0 Å². The van der Waals surface area contributed by atoms with Gasteiger partial charge in [0.15, 0.2) is 24.2 Å². The van der Waals surface area contributed by atoms with Gasteiger partial charge in [0.25, 0.3) is 0 Å². The Hall–Kier alpha value is -6.34. The lowest BCUT2D eigenvalue weighted by Crippen LogP contribution is -2.63. The number of esters is 6. The fourth-order valence-electron chi connectivity index (χ4n) is 5.85. The van der Waals surface area contributed by atoms with Crippen LogP contribution in [0.1, 0.15) is 61.7 Å². The standard InChI is InChI=1S/C42H40O13/c1-3-49-41(47)31(42(48)50-4-2)25-32-34(53-38(44)28-19-11-6-12-20-28)36(55-40(46)30-23-15-8-16-24-30)35(54-39(45)29-21-13-7-14-22-29)33(52-32)26-51-37(43)27-17-9-5-10-18-27/h5-24,31-36H,3-4,25-26H2,1-2H3/t32-,33-,34-,35-,36-/m1/s1. The van der Waals surface area contributed by atoms with Crippen LogP contribution in [-0.2, 0) is 42.7 Å². The summed E-state index contributed by atoms with van der Waals surface area (Å²) in [4.78, 5) is 80.9. The van der Waals surface area contributed by atoms with Gasteiger partial charge in [0.2, 0.25) is 0 Å². The number of ether oxygens (including phenoxy) is 7. The van der Waals surface area contributed by atoms with Gasteiger partial charge in [0.05, 0.1) is 35.5 Å². The monoisotopic (exact) mass is 752 g/mol. The van der Waals surface area contributed by atoms with E-state index in [2.05, 4.69) is 0 Å². The van der Waals surface area contributed by atoms with Crippen molar-refractivity contribution in [1.29, 1.82) is 0 Å². The number of carbonyl (C=O) groups is 6. The van der Waals surface area contributed by atoms with Gasteiger partial charge >= 0.3 is 35.8 Å². The summed E-state index contributed by atoms with van der Waals surface area (Å²) in [6.07, 6.45) is -8.22. The Kier molecular flexibility index (Phi) is 14.2. The van der Waals surface area contributed by atoms with E-state index in [9.17, 15) is 28.8 Å². The predicted molar refractivity (Wildman–Crippen MR) is 194 cm³/mol. The summed E-state index contributed by atoms with van der Waals surface area (Å²) in [5.74, 6) is -6.87. The van der Waals surface area contributed by atoms with Crippen LogP contribution >= 0.6 is 0 Å². The molecule has 4 aromatic carbocycles. The van der Waals surface area contributed by atoms with Gasteiger partial charge in [0, 0.05) is 6.42 Å². The Morgan fingerprint density at radius 1 is 0.473 bits per heavy atom. The molecule has 0 N–H and O–H groups in total. The molecular formula is C42H40O13. The highest BCUT2D eigenvalue weighted by Crippen LogP contribution is 2.34. The van der Waals surface area contributed by atoms with E-state index in [1.165, 1.54) is 48.5 Å². The second-order valence-electron chi connectivity index (χ2n) is 12.2. The van der Waals surface area contributed by atoms with Gasteiger partial charge in [-0.3, -0.25) is 9.59 Å². The SMILES string of the molecule is CCOC(=O)C(C[C@H]1O[C@H](COC(=O)c2ccccc2)[C@@H](OC(=O)c2ccccc2)[C@H](OC(=O)c2ccccc2)[C@@H]1OC(=O)c1ccccc1)C(=O)OCC. The highest BCUT2D eigenvalue weighted by molar-refractivity contribution is 5.95. The molecule has 1 saturated heterocycles. The maximum Gasteiger partial charge on any atom is 0.338 e. The summed E-state index contributed by atoms with van der Waals surface area (Å²) < 4.78 is 40.6. The molecule has 1 aliphatic heterocycles. The fourth-order valence-corrected chi connectivity index (χ4v) is 5.85. The molecule has 5 atom stereocenters. The lowest BCUT2D eigenvalue weighted by Gasteiger charge is -2.45. The Morgan fingerprint density at radius 2 is 0.818 bits per heavy atom. The average molecular weight is 753 g/mol. The van der Waals surface area contributed by atoms with Gasteiger partial charge in [-0.2, -0.15) is 0 Å². The number of carbonyl (C=O) groups excluding carboxylic acids is 6. The topological polar surface area (TPSA) is 167 Å². The molecule has 0 amide bonds. The van der Waals surface area contributed by atoms with Gasteiger partial charge in [0.1, 0.15) is 18.8 Å². The van der Waals surface area contributed by atoms with Crippen LogP contribution in [0.2, 0.25) is 0 Å². The minimum atomic E-state index is -1.66. The van der Waals surface area contributed by atoms with Crippen molar-refractivity contribution in [3.8, 4) is 0 Å². The number of rotatable bonds is 15. The highest BCUT2D eigenvalue weighted by Gasteiger charge is 2.54. The minimum Gasteiger partial charge on any atom is -0.465 e. The first kappa shape index (κ1) is 39.9. The van der Waals surface area contributed by atoms with Crippen LogP contribution in [-0.4, -0.2) is 86.2 Å². The van der Waals surface area contributed by atoms with E-state index in [-0.39, 0.29) is 35.5 Å². The van der Waals surface area contributed by atoms with E-state index in [1.54, 1.807) is 86.6 Å². The third kappa shape index (κ3) is 10.6. The molecule has 55 heavy (non-hydrogen) atoms. The van der Waals surface area contributed by atoms with Crippen molar-refractivity contribution in [2.45, 2.75) is 50.8 Å². The van der Waals surface area contributed by atoms with Crippen molar-refractivity contribution >= 4 is 35.8 Å². The van der Waals surface area contributed by atoms with E-state index in [4.69, 9.17) is 33.2 Å². The molecule has 1 fully saturated rings. The summed E-state index contributed by atoms with van der Waals surface area (Å²) in [6, 6.07) is 31.8. The molecule has 0 spiro atoms. The molecule has 1 aliphatic rings. The van der Waals surface area contributed by atoms with Crippen LogP contribution < -0.4 is 0 Å². The summed E-state index contributed by atoms with van der Waals surface area (Å²) in [5.41, 5.74) is 0.549. The minimum absolute atomic E-state index is 0.0699. The number of hydrogen-bond donors (Lipinski definition) is 0. The van der Waals surface area contributed by atoms with E-state index in [0.29, 0.717) is 0 Å². The maximum atomic E-state index is 13.8. The quantitative estimate of drug-likeness (QED) is 0.0859. The molecule has 0 bridgehead atoms. The predicted octanol–water partition coefficient (Wildman–Crippen LogP) is 5.42. The molecule has 4 aromatic rings. The molecule has 1 heterocycles. The van der Waals surface area contributed by atoms with Crippen molar-refractivity contribution in [2.24, 2.45) is 5.92 Å². The molecule has 13 heteroatoms. The van der Waals surface area contributed by atoms with E-state index >= 15 is 0 Å². The van der Waals surface area contributed by atoms with Crippen molar-refractivity contribution in [1.82, 2.24) is 0 Å². The summed E-state index contributed by atoms with van der Waals surface area (Å²) in [7, 11) is 0. The second-order valence-corrected chi connectivity index (χ2v) is 12.2. The van der Waals surface area contributed by atoms with Gasteiger partial charge in [-0.15, -0.1) is 0 Å². The normalized spacial score (nSPS) is 19.0. The molecule has 286 valence electrons. The van der Waals surface area contributed by atoms with Gasteiger partial charge in [-0.25, -0.2) is 19.2 Å². The van der Waals surface area contributed by atoms with Crippen LogP contribution in [0.3, 0.4) is 0 Å². The first-order valence-corrected chi connectivity index (χ1v) is 17.7. The fraction of sp³-hybridized carbons (Fsp3) is 0.286. The molecule has 5 rings (SSSR count). The third-order valence-corrected chi connectivity index (χ3v) is 8.49. The molecule has 13 nitrogen and oxygen atoms in total. The number of benzene rings is 4.